The minimum absolute atomic E-state index is 0.00995. The molecule has 1 aliphatic heterocycles. The minimum Gasteiger partial charge on any atom is -0.478 e. The van der Waals surface area contributed by atoms with E-state index in [0.29, 0.717) is 10.0 Å². The summed E-state index contributed by atoms with van der Waals surface area (Å²) in [5.41, 5.74) is 1.59. The molecule has 8 heteroatoms. The van der Waals surface area contributed by atoms with Crippen molar-refractivity contribution in [3.05, 3.63) is 39.0 Å². The third-order valence-electron chi connectivity index (χ3n) is 3.45. The number of anilines is 1. The van der Waals surface area contributed by atoms with Gasteiger partial charge in [0, 0.05) is 10.5 Å². The minimum atomic E-state index is -1.16. The van der Waals surface area contributed by atoms with E-state index in [9.17, 15) is 19.5 Å². The predicted molar refractivity (Wildman–Crippen MR) is 86.1 cm³/mol. The molecule has 3 N–H and O–H groups in total. The monoisotopic (exact) mass is 382 g/mol. The average molecular weight is 383 g/mol. The number of carboxylic acid groups (broad SMARTS) is 1. The number of imide groups is 1. The van der Waals surface area contributed by atoms with Crippen molar-refractivity contribution in [1.82, 2.24) is 4.90 Å². The smallest absolute Gasteiger partial charge is 0.338 e. The lowest BCUT2D eigenvalue weighted by molar-refractivity contribution is -0.137. The predicted octanol–water partition coefficient (Wildman–Crippen LogP) is 1.42. The SMILES string of the molecule is Cc1cc(C)c(NC2=CC(=O)N(CCO)C2=O)c(C(=O)O)c1Br. The zero-order valence-corrected chi connectivity index (χ0v) is 14.1. The van der Waals surface area contributed by atoms with Gasteiger partial charge >= 0.3 is 5.97 Å². The van der Waals surface area contributed by atoms with Gasteiger partial charge in [-0.15, -0.1) is 0 Å². The third kappa shape index (κ3) is 3.13. The largest absolute Gasteiger partial charge is 0.478 e. The molecular weight excluding hydrogens is 368 g/mol. The first-order valence-corrected chi connectivity index (χ1v) is 7.55. The Bertz CT molecular complexity index is 742. The molecule has 1 aromatic carbocycles. The maximum atomic E-state index is 12.2. The first-order chi connectivity index (χ1) is 10.8. The highest BCUT2D eigenvalue weighted by Gasteiger charge is 2.32. The lowest BCUT2D eigenvalue weighted by atomic mass is 10.0. The van der Waals surface area contributed by atoms with Crippen molar-refractivity contribution in [2.24, 2.45) is 0 Å². The summed E-state index contributed by atoms with van der Waals surface area (Å²) >= 11 is 3.24. The Kier molecular flexibility index (Phi) is 4.86. The van der Waals surface area contributed by atoms with Crippen molar-refractivity contribution in [2.45, 2.75) is 13.8 Å². The van der Waals surface area contributed by atoms with Crippen LogP contribution in [0.5, 0.6) is 0 Å². The molecule has 2 rings (SSSR count). The van der Waals surface area contributed by atoms with Crippen molar-refractivity contribution in [3.8, 4) is 0 Å². The van der Waals surface area contributed by atoms with Gasteiger partial charge in [0.25, 0.3) is 11.8 Å². The summed E-state index contributed by atoms with van der Waals surface area (Å²) in [6.07, 6.45) is 1.09. The molecular formula is C15H15BrN2O5. The fourth-order valence-electron chi connectivity index (χ4n) is 2.37. The number of benzene rings is 1. The van der Waals surface area contributed by atoms with Crippen molar-refractivity contribution in [2.75, 3.05) is 18.5 Å². The Morgan fingerprint density at radius 1 is 1.30 bits per heavy atom. The first-order valence-electron chi connectivity index (χ1n) is 6.76. The number of carbonyl (C=O) groups excluding carboxylic acids is 2. The number of halogens is 1. The number of nitrogens with one attached hydrogen (secondary N) is 1. The van der Waals surface area contributed by atoms with Crippen molar-refractivity contribution in [1.29, 1.82) is 0 Å². The van der Waals surface area contributed by atoms with Gasteiger partial charge in [-0.1, -0.05) is 6.07 Å². The number of aliphatic hydroxyl groups excluding tert-OH is 1. The fourth-order valence-corrected chi connectivity index (χ4v) is 2.85. The second-order valence-corrected chi connectivity index (χ2v) is 5.87. The van der Waals surface area contributed by atoms with Crippen LogP contribution in [-0.4, -0.2) is 46.0 Å². The van der Waals surface area contributed by atoms with Gasteiger partial charge in [-0.2, -0.15) is 0 Å². The molecule has 0 saturated heterocycles. The Labute approximate surface area is 140 Å². The topological polar surface area (TPSA) is 107 Å². The lowest BCUT2D eigenvalue weighted by Crippen LogP contribution is -2.34. The number of β-amino-alcohol motifs (C(OH)–C–C–N with tert-alkyl or cyclic N) is 1. The van der Waals surface area contributed by atoms with E-state index >= 15 is 0 Å². The summed E-state index contributed by atoms with van der Waals surface area (Å²) < 4.78 is 0.405. The Morgan fingerprint density at radius 3 is 2.52 bits per heavy atom. The molecule has 0 aliphatic carbocycles. The molecule has 0 spiro atoms. The molecule has 1 aromatic rings. The summed E-state index contributed by atoms with van der Waals surface area (Å²) in [5, 5.41) is 21.1. The van der Waals surface area contributed by atoms with Crippen molar-refractivity contribution in [3.63, 3.8) is 0 Å². The molecule has 7 nitrogen and oxygen atoms in total. The highest BCUT2D eigenvalue weighted by atomic mass is 79.9. The van der Waals surface area contributed by atoms with Gasteiger partial charge in [0.05, 0.1) is 24.4 Å². The van der Waals surface area contributed by atoms with E-state index in [2.05, 4.69) is 21.2 Å². The summed E-state index contributed by atoms with van der Waals surface area (Å²) in [7, 11) is 0. The van der Waals surface area contributed by atoms with Crippen LogP contribution < -0.4 is 5.32 Å². The van der Waals surface area contributed by atoms with Gasteiger partial charge in [0.1, 0.15) is 5.70 Å². The maximum Gasteiger partial charge on any atom is 0.338 e. The standard InChI is InChI=1S/C15H15BrN2O5/c1-7-5-8(2)13(11(12(7)16)15(22)23)17-9-6-10(20)18(3-4-19)14(9)21/h5-6,17,19H,3-4H2,1-2H3,(H,22,23). The molecule has 0 atom stereocenters. The first kappa shape index (κ1) is 17.2. The van der Waals surface area contributed by atoms with E-state index in [-0.39, 0.29) is 30.1 Å². The Morgan fingerprint density at radius 2 is 1.96 bits per heavy atom. The molecule has 1 aliphatic rings. The summed E-state index contributed by atoms with van der Waals surface area (Å²) in [6.45, 7) is 3.02. The van der Waals surface area contributed by atoms with Crippen LogP contribution in [0.3, 0.4) is 0 Å². The second-order valence-electron chi connectivity index (χ2n) is 5.08. The van der Waals surface area contributed by atoms with Gasteiger partial charge in [-0.05, 0) is 40.9 Å². The number of aromatic carboxylic acids is 1. The molecule has 0 aromatic heterocycles. The summed E-state index contributed by atoms with van der Waals surface area (Å²) in [4.78, 5) is 36.3. The third-order valence-corrected chi connectivity index (χ3v) is 4.47. The lowest BCUT2D eigenvalue weighted by Gasteiger charge is -2.17. The number of nitrogens with zero attached hydrogens (tertiary/aromatic N) is 1. The Hall–Kier alpha value is -2.19. The Balaban J connectivity index is 2.44. The van der Waals surface area contributed by atoms with Crippen LogP contribution in [0.25, 0.3) is 0 Å². The van der Waals surface area contributed by atoms with Gasteiger partial charge in [0.15, 0.2) is 0 Å². The van der Waals surface area contributed by atoms with Crippen LogP contribution in [0.1, 0.15) is 21.5 Å². The molecule has 0 unspecified atom stereocenters. The van der Waals surface area contributed by atoms with E-state index in [0.717, 1.165) is 16.5 Å². The molecule has 0 bridgehead atoms. The van der Waals surface area contributed by atoms with E-state index in [1.165, 1.54) is 0 Å². The average Bonchev–Trinajstić information content (AvgIpc) is 2.72. The number of hydrogen-bond donors (Lipinski definition) is 3. The van der Waals surface area contributed by atoms with Crippen molar-refractivity contribution >= 4 is 39.4 Å². The van der Waals surface area contributed by atoms with E-state index in [1.54, 1.807) is 19.9 Å². The number of amides is 2. The molecule has 1 heterocycles. The maximum absolute atomic E-state index is 12.2. The number of carboxylic acids is 1. The molecule has 0 saturated carbocycles. The quantitative estimate of drug-likeness (QED) is 0.664. The van der Waals surface area contributed by atoms with Crippen LogP contribution in [0.4, 0.5) is 5.69 Å². The molecule has 2 amide bonds. The molecule has 0 radical (unpaired) electrons. The van der Waals surface area contributed by atoms with Crippen LogP contribution >= 0.6 is 15.9 Å². The normalized spacial score (nSPS) is 14.3. The molecule has 23 heavy (non-hydrogen) atoms. The number of aliphatic hydroxyl groups is 1. The van der Waals surface area contributed by atoms with Crippen LogP contribution in [0.15, 0.2) is 22.3 Å². The second kappa shape index (κ2) is 6.51. The zero-order chi connectivity index (χ0) is 17.3. The van der Waals surface area contributed by atoms with Gasteiger partial charge in [-0.3, -0.25) is 14.5 Å². The van der Waals surface area contributed by atoms with E-state index in [1.807, 2.05) is 0 Å². The van der Waals surface area contributed by atoms with Crippen LogP contribution in [0, 0.1) is 13.8 Å². The highest BCUT2D eigenvalue weighted by molar-refractivity contribution is 9.10. The van der Waals surface area contributed by atoms with Crippen molar-refractivity contribution < 1.29 is 24.6 Å². The van der Waals surface area contributed by atoms with Gasteiger partial charge in [-0.25, -0.2) is 4.79 Å². The van der Waals surface area contributed by atoms with Gasteiger partial charge in [0.2, 0.25) is 0 Å². The fraction of sp³-hybridized carbons (Fsp3) is 0.267. The van der Waals surface area contributed by atoms with Crippen LogP contribution in [0.2, 0.25) is 0 Å². The molecule has 122 valence electrons. The van der Waals surface area contributed by atoms with E-state index in [4.69, 9.17) is 5.11 Å². The summed E-state index contributed by atoms with van der Waals surface area (Å²) in [5.74, 6) is -2.31. The number of hydrogen-bond acceptors (Lipinski definition) is 5. The number of rotatable bonds is 5. The van der Waals surface area contributed by atoms with Crippen LogP contribution in [-0.2, 0) is 9.59 Å². The highest BCUT2D eigenvalue weighted by Crippen LogP contribution is 2.33. The number of aryl methyl sites for hydroxylation is 2. The molecule has 0 fully saturated rings. The number of carbonyl (C=O) groups is 3. The van der Waals surface area contributed by atoms with Gasteiger partial charge < -0.3 is 15.5 Å². The van der Waals surface area contributed by atoms with E-state index < -0.39 is 17.8 Å². The zero-order valence-electron chi connectivity index (χ0n) is 12.5. The summed E-state index contributed by atoms with van der Waals surface area (Å²) in [6, 6.07) is 1.77.